The maximum absolute atomic E-state index is 13.6. The summed E-state index contributed by atoms with van der Waals surface area (Å²) in [6.07, 6.45) is 0. The van der Waals surface area contributed by atoms with Crippen LogP contribution in [0.4, 0.5) is 8.78 Å². The van der Waals surface area contributed by atoms with E-state index in [1.165, 1.54) is 16.8 Å². The number of nitrogens with zero attached hydrogens (tertiary/aromatic N) is 3. The second kappa shape index (κ2) is 4.21. The van der Waals surface area contributed by atoms with Crippen LogP contribution in [0.25, 0.3) is 5.69 Å². The Kier molecular flexibility index (Phi) is 2.89. The molecule has 0 bridgehead atoms. The van der Waals surface area contributed by atoms with Crippen molar-refractivity contribution in [3.63, 3.8) is 0 Å². The first-order valence-electron chi connectivity index (χ1n) is 5.14. The van der Waals surface area contributed by atoms with Crippen LogP contribution in [-0.2, 0) is 0 Å². The number of halogens is 2. The van der Waals surface area contributed by atoms with Gasteiger partial charge >= 0.3 is 0 Å². The lowest BCUT2D eigenvalue weighted by molar-refractivity contribution is 0.499. The van der Waals surface area contributed by atoms with Gasteiger partial charge in [0.15, 0.2) is 11.6 Å². The third-order valence-corrected chi connectivity index (χ3v) is 2.52. The van der Waals surface area contributed by atoms with Gasteiger partial charge in [-0.05, 0) is 26.0 Å². The van der Waals surface area contributed by atoms with Crippen LogP contribution in [0.2, 0.25) is 0 Å². The molecule has 0 aliphatic rings. The number of rotatable bonds is 2. The van der Waals surface area contributed by atoms with Crippen molar-refractivity contribution in [3.05, 3.63) is 41.2 Å². The Morgan fingerprint density at radius 3 is 2.65 bits per heavy atom. The molecular weight excluding hydrogens is 226 g/mol. The average Bonchev–Trinajstić information content (AvgIpc) is 2.64. The first kappa shape index (κ1) is 11.7. The first-order valence-corrected chi connectivity index (χ1v) is 5.14. The minimum Gasteiger partial charge on any atom is -0.323 e. The van der Waals surface area contributed by atoms with Crippen LogP contribution in [0.3, 0.4) is 0 Å². The topological polar surface area (TPSA) is 56.7 Å². The highest BCUT2D eigenvalue weighted by Gasteiger charge is 2.17. The predicted octanol–water partition coefficient (Wildman–Crippen LogP) is 1.87. The molecule has 1 atom stereocenters. The van der Waals surface area contributed by atoms with Gasteiger partial charge < -0.3 is 5.73 Å². The Morgan fingerprint density at radius 2 is 2.06 bits per heavy atom. The molecule has 0 spiro atoms. The standard InChI is InChI=1S/C11H12F2N4/c1-6(14)11-7(2)17(16-15-11)9-5-3-4-8(12)10(9)13/h3-6H,14H2,1-2H3. The monoisotopic (exact) mass is 238 g/mol. The summed E-state index contributed by atoms with van der Waals surface area (Å²) in [4.78, 5) is 0. The van der Waals surface area contributed by atoms with E-state index in [0.717, 1.165) is 6.07 Å². The summed E-state index contributed by atoms with van der Waals surface area (Å²) in [5.41, 5.74) is 6.88. The molecule has 2 rings (SSSR count). The normalized spacial score (nSPS) is 12.8. The Morgan fingerprint density at radius 1 is 1.35 bits per heavy atom. The molecule has 1 aromatic heterocycles. The molecule has 6 heteroatoms. The molecule has 0 amide bonds. The summed E-state index contributed by atoms with van der Waals surface area (Å²) >= 11 is 0. The predicted molar refractivity (Wildman–Crippen MR) is 58.6 cm³/mol. The maximum Gasteiger partial charge on any atom is 0.184 e. The number of hydrogen-bond acceptors (Lipinski definition) is 3. The van der Waals surface area contributed by atoms with Crippen LogP contribution in [0.1, 0.15) is 24.4 Å². The lowest BCUT2D eigenvalue weighted by Crippen LogP contribution is -2.08. The largest absolute Gasteiger partial charge is 0.323 e. The summed E-state index contributed by atoms with van der Waals surface area (Å²) in [6, 6.07) is 3.60. The molecule has 17 heavy (non-hydrogen) atoms. The van der Waals surface area contributed by atoms with Gasteiger partial charge in [-0.15, -0.1) is 5.10 Å². The molecule has 0 aliphatic heterocycles. The molecule has 1 heterocycles. The van der Waals surface area contributed by atoms with E-state index in [-0.39, 0.29) is 11.7 Å². The highest BCUT2D eigenvalue weighted by Crippen LogP contribution is 2.19. The molecule has 2 N–H and O–H groups in total. The fourth-order valence-electron chi connectivity index (χ4n) is 1.65. The Bertz CT molecular complexity index is 548. The van der Waals surface area contributed by atoms with E-state index in [9.17, 15) is 8.78 Å². The minimum absolute atomic E-state index is 0.0295. The second-order valence-corrected chi connectivity index (χ2v) is 3.83. The molecule has 1 unspecified atom stereocenters. The average molecular weight is 238 g/mol. The molecule has 0 fully saturated rings. The van der Waals surface area contributed by atoms with E-state index in [1.54, 1.807) is 13.8 Å². The van der Waals surface area contributed by atoms with Gasteiger partial charge in [-0.25, -0.2) is 13.5 Å². The molecular formula is C11H12F2N4. The van der Waals surface area contributed by atoms with E-state index in [1.807, 2.05) is 0 Å². The first-order chi connectivity index (χ1) is 8.02. The number of nitrogens with two attached hydrogens (primary N) is 1. The van der Waals surface area contributed by atoms with Crippen molar-refractivity contribution < 1.29 is 8.78 Å². The Hall–Kier alpha value is -1.82. The summed E-state index contributed by atoms with van der Waals surface area (Å²) < 4.78 is 27.9. The SMILES string of the molecule is Cc1c(C(C)N)nnn1-c1cccc(F)c1F. The zero-order valence-corrected chi connectivity index (χ0v) is 9.48. The summed E-state index contributed by atoms with van der Waals surface area (Å²) in [5, 5.41) is 7.65. The smallest absolute Gasteiger partial charge is 0.184 e. The van der Waals surface area contributed by atoms with Crippen molar-refractivity contribution in [2.24, 2.45) is 5.73 Å². The summed E-state index contributed by atoms with van der Waals surface area (Å²) in [5.74, 6) is -1.86. The molecule has 4 nitrogen and oxygen atoms in total. The molecule has 0 radical (unpaired) electrons. The van der Waals surface area contributed by atoms with Crippen LogP contribution < -0.4 is 5.73 Å². The molecule has 0 saturated heterocycles. The Balaban J connectivity index is 2.58. The third-order valence-electron chi connectivity index (χ3n) is 2.52. The number of hydrogen-bond donors (Lipinski definition) is 1. The van der Waals surface area contributed by atoms with Gasteiger partial charge in [0.2, 0.25) is 0 Å². The number of benzene rings is 1. The number of aromatic nitrogens is 3. The van der Waals surface area contributed by atoms with Gasteiger partial charge in [0.1, 0.15) is 11.4 Å². The van der Waals surface area contributed by atoms with Crippen molar-refractivity contribution in [2.45, 2.75) is 19.9 Å². The van der Waals surface area contributed by atoms with E-state index in [2.05, 4.69) is 10.3 Å². The second-order valence-electron chi connectivity index (χ2n) is 3.83. The lowest BCUT2D eigenvalue weighted by Gasteiger charge is -2.06. The van der Waals surface area contributed by atoms with E-state index < -0.39 is 11.6 Å². The fourth-order valence-corrected chi connectivity index (χ4v) is 1.65. The zero-order valence-electron chi connectivity index (χ0n) is 9.48. The third kappa shape index (κ3) is 1.91. The minimum atomic E-state index is -0.947. The molecule has 0 saturated carbocycles. The van der Waals surface area contributed by atoms with Crippen molar-refractivity contribution >= 4 is 0 Å². The quantitative estimate of drug-likeness (QED) is 0.869. The van der Waals surface area contributed by atoms with Crippen molar-refractivity contribution in [1.29, 1.82) is 0 Å². The van der Waals surface area contributed by atoms with Crippen molar-refractivity contribution in [2.75, 3.05) is 0 Å². The molecule has 90 valence electrons. The van der Waals surface area contributed by atoms with Crippen molar-refractivity contribution in [1.82, 2.24) is 15.0 Å². The van der Waals surface area contributed by atoms with Crippen LogP contribution in [0.15, 0.2) is 18.2 Å². The zero-order chi connectivity index (χ0) is 12.6. The maximum atomic E-state index is 13.6. The summed E-state index contributed by atoms with van der Waals surface area (Å²) in [7, 11) is 0. The van der Waals surface area contributed by atoms with E-state index in [0.29, 0.717) is 11.4 Å². The highest BCUT2D eigenvalue weighted by molar-refractivity contribution is 5.35. The van der Waals surface area contributed by atoms with Gasteiger partial charge in [-0.2, -0.15) is 0 Å². The molecule has 0 aliphatic carbocycles. The fraction of sp³-hybridized carbons (Fsp3) is 0.273. The molecule has 1 aromatic carbocycles. The molecule has 2 aromatic rings. The van der Waals surface area contributed by atoms with Crippen LogP contribution in [-0.4, -0.2) is 15.0 Å². The lowest BCUT2D eigenvalue weighted by atomic mass is 10.2. The van der Waals surface area contributed by atoms with Crippen LogP contribution in [0, 0.1) is 18.6 Å². The van der Waals surface area contributed by atoms with Gasteiger partial charge in [-0.3, -0.25) is 0 Å². The highest BCUT2D eigenvalue weighted by atomic mass is 19.2. The van der Waals surface area contributed by atoms with Gasteiger partial charge in [0.25, 0.3) is 0 Å². The van der Waals surface area contributed by atoms with Crippen molar-refractivity contribution in [3.8, 4) is 5.69 Å². The van der Waals surface area contributed by atoms with Gasteiger partial charge in [0.05, 0.1) is 5.69 Å². The van der Waals surface area contributed by atoms with Gasteiger partial charge in [-0.1, -0.05) is 11.3 Å². The van der Waals surface area contributed by atoms with E-state index >= 15 is 0 Å². The summed E-state index contributed by atoms with van der Waals surface area (Å²) in [6.45, 7) is 3.46. The van der Waals surface area contributed by atoms with Gasteiger partial charge in [0, 0.05) is 6.04 Å². The van der Waals surface area contributed by atoms with Crippen LogP contribution >= 0.6 is 0 Å². The van der Waals surface area contributed by atoms with Crippen LogP contribution in [0.5, 0.6) is 0 Å². The Labute approximate surface area is 97.0 Å². The van der Waals surface area contributed by atoms with E-state index in [4.69, 9.17) is 5.73 Å².